The topological polar surface area (TPSA) is 23.5 Å². The minimum Gasteiger partial charge on any atom is -0.391 e. The predicted octanol–water partition coefficient (Wildman–Crippen LogP) is 3.29. The number of rotatable bonds is 5. The van der Waals surface area contributed by atoms with Crippen LogP contribution in [0.4, 0.5) is 0 Å². The lowest BCUT2D eigenvalue weighted by Gasteiger charge is -2.42. The van der Waals surface area contributed by atoms with Gasteiger partial charge in [-0.3, -0.25) is 4.90 Å². The molecule has 1 N–H and O–H groups in total. The van der Waals surface area contributed by atoms with Crippen molar-refractivity contribution in [3.8, 4) is 0 Å². The van der Waals surface area contributed by atoms with Gasteiger partial charge in [-0.2, -0.15) is 0 Å². The van der Waals surface area contributed by atoms with Crippen LogP contribution in [0.3, 0.4) is 0 Å². The third kappa shape index (κ3) is 3.96. The second-order valence-electron chi connectivity index (χ2n) is 6.26. The van der Waals surface area contributed by atoms with Crippen LogP contribution in [-0.2, 0) is 0 Å². The molecule has 4 unspecified atom stereocenters. The van der Waals surface area contributed by atoms with Gasteiger partial charge in [-0.15, -0.1) is 0 Å². The monoisotopic (exact) mass is 241 g/mol. The lowest BCUT2D eigenvalue weighted by Crippen LogP contribution is -2.49. The fraction of sp³-hybridized carbons (Fsp3) is 1.00. The Balaban J connectivity index is 2.59. The van der Waals surface area contributed by atoms with Gasteiger partial charge < -0.3 is 5.11 Å². The average molecular weight is 241 g/mol. The molecule has 4 atom stereocenters. The zero-order valence-electron chi connectivity index (χ0n) is 12.3. The normalized spacial score (nSPS) is 32.1. The maximum atomic E-state index is 10.2. The van der Waals surface area contributed by atoms with Crippen LogP contribution < -0.4 is 0 Å². The summed E-state index contributed by atoms with van der Waals surface area (Å²) in [6, 6.07) is 0.961. The van der Waals surface area contributed by atoms with Crippen molar-refractivity contribution in [3.05, 3.63) is 0 Å². The van der Waals surface area contributed by atoms with E-state index in [1.807, 2.05) is 0 Å². The minimum absolute atomic E-state index is 0.116. The molecule has 1 aliphatic carbocycles. The first-order valence-corrected chi connectivity index (χ1v) is 7.37. The Morgan fingerprint density at radius 3 is 2.41 bits per heavy atom. The van der Waals surface area contributed by atoms with Crippen LogP contribution in [0.15, 0.2) is 0 Å². The second kappa shape index (κ2) is 6.75. The quantitative estimate of drug-likeness (QED) is 0.798. The van der Waals surface area contributed by atoms with E-state index in [1.165, 1.54) is 25.7 Å². The molecule has 102 valence electrons. The van der Waals surface area contributed by atoms with E-state index in [4.69, 9.17) is 0 Å². The molecule has 0 spiro atoms. The second-order valence-corrected chi connectivity index (χ2v) is 6.26. The largest absolute Gasteiger partial charge is 0.391 e. The zero-order valence-corrected chi connectivity index (χ0v) is 12.3. The van der Waals surface area contributed by atoms with E-state index in [9.17, 15) is 5.11 Å². The molecular formula is C15H31NO. The molecule has 0 radical (unpaired) electrons. The lowest BCUT2D eigenvalue weighted by molar-refractivity contribution is -0.00903. The molecule has 1 aliphatic rings. The smallest absolute Gasteiger partial charge is 0.0695 e. The molecule has 0 saturated heterocycles. The van der Waals surface area contributed by atoms with Gasteiger partial charge in [0.15, 0.2) is 0 Å². The summed E-state index contributed by atoms with van der Waals surface area (Å²) < 4.78 is 0. The Hall–Kier alpha value is -0.0800. The SMILES string of the molecule is CCCC(C)N(C)C1CC(C(C)C)CCC1O. The van der Waals surface area contributed by atoms with Crippen LogP contribution in [-0.4, -0.2) is 35.2 Å². The average Bonchev–Trinajstić information content (AvgIpc) is 2.28. The third-order valence-electron chi connectivity index (χ3n) is 4.69. The molecule has 1 fully saturated rings. The minimum atomic E-state index is -0.116. The van der Waals surface area contributed by atoms with E-state index in [0.717, 1.165) is 18.3 Å². The summed E-state index contributed by atoms with van der Waals surface area (Å²) in [4.78, 5) is 2.42. The van der Waals surface area contributed by atoms with Crippen molar-refractivity contribution in [2.24, 2.45) is 11.8 Å². The van der Waals surface area contributed by atoms with E-state index < -0.39 is 0 Å². The van der Waals surface area contributed by atoms with Gasteiger partial charge in [-0.05, 0) is 51.5 Å². The van der Waals surface area contributed by atoms with Crippen LogP contribution in [0.25, 0.3) is 0 Å². The molecule has 0 aromatic heterocycles. The first-order chi connectivity index (χ1) is 7.97. The van der Waals surface area contributed by atoms with Gasteiger partial charge in [-0.25, -0.2) is 0 Å². The lowest BCUT2D eigenvalue weighted by atomic mass is 9.77. The van der Waals surface area contributed by atoms with Crippen molar-refractivity contribution in [2.45, 2.75) is 78.0 Å². The van der Waals surface area contributed by atoms with Crippen LogP contribution >= 0.6 is 0 Å². The molecule has 2 nitrogen and oxygen atoms in total. The number of likely N-dealkylation sites (N-methyl/N-ethyl adjacent to an activating group) is 1. The highest BCUT2D eigenvalue weighted by molar-refractivity contribution is 4.88. The molecule has 0 aromatic rings. The molecular weight excluding hydrogens is 210 g/mol. The van der Waals surface area contributed by atoms with Gasteiger partial charge in [-0.1, -0.05) is 27.2 Å². The molecule has 0 aromatic carbocycles. The van der Waals surface area contributed by atoms with Crippen molar-refractivity contribution in [3.63, 3.8) is 0 Å². The molecule has 1 saturated carbocycles. The van der Waals surface area contributed by atoms with Gasteiger partial charge in [0.1, 0.15) is 0 Å². The first-order valence-electron chi connectivity index (χ1n) is 7.37. The Bertz CT molecular complexity index is 217. The molecule has 2 heteroatoms. The van der Waals surface area contributed by atoms with Gasteiger partial charge in [0.05, 0.1) is 6.10 Å². The highest BCUT2D eigenvalue weighted by atomic mass is 16.3. The van der Waals surface area contributed by atoms with E-state index in [2.05, 4.69) is 39.6 Å². The van der Waals surface area contributed by atoms with E-state index in [-0.39, 0.29) is 6.10 Å². The fourth-order valence-electron chi connectivity index (χ4n) is 3.15. The Kier molecular flexibility index (Phi) is 5.94. The molecule has 0 bridgehead atoms. The Labute approximate surface area is 107 Å². The first kappa shape index (κ1) is 15.0. The highest BCUT2D eigenvalue weighted by Gasteiger charge is 2.34. The fourth-order valence-corrected chi connectivity index (χ4v) is 3.15. The summed E-state index contributed by atoms with van der Waals surface area (Å²) in [5, 5.41) is 10.2. The summed E-state index contributed by atoms with van der Waals surface area (Å²) in [7, 11) is 2.19. The van der Waals surface area contributed by atoms with E-state index >= 15 is 0 Å². The van der Waals surface area contributed by atoms with E-state index in [1.54, 1.807) is 0 Å². The van der Waals surface area contributed by atoms with Crippen LogP contribution in [0, 0.1) is 11.8 Å². The molecule has 17 heavy (non-hydrogen) atoms. The predicted molar refractivity (Wildman–Crippen MR) is 74.1 cm³/mol. The zero-order chi connectivity index (χ0) is 13.0. The summed E-state index contributed by atoms with van der Waals surface area (Å²) in [6.07, 6.45) is 5.69. The summed E-state index contributed by atoms with van der Waals surface area (Å²) >= 11 is 0. The van der Waals surface area contributed by atoms with Gasteiger partial charge in [0.2, 0.25) is 0 Å². The summed E-state index contributed by atoms with van der Waals surface area (Å²) in [5.74, 6) is 1.54. The maximum absolute atomic E-state index is 10.2. The van der Waals surface area contributed by atoms with Gasteiger partial charge in [0.25, 0.3) is 0 Å². The van der Waals surface area contributed by atoms with Gasteiger partial charge in [0, 0.05) is 12.1 Å². The number of aliphatic hydroxyl groups is 1. The number of hydrogen-bond acceptors (Lipinski definition) is 2. The summed E-state index contributed by atoms with van der Waals surface area (Å²) in [5.41, 5.74) is 0. The van der Waals surface area contributed by atoms with Crippen molar-refractivity contribution in [1.29, 1.82) is 0 Å². The Morgan fingerprint density at radius 1 is 1.24 bits per heavy atom. The van der Waals surface area contributed by atoms with Crippen LogP contribution in [0.1, 0.15) is 59.8 Å². The number of aliphatic hydroxyl groups excluding tert-OH is 1. The van der Waals surface area contributed by atoms with Gasteiger partial charge >= 0.3 is 0 Å². The van der Waals surface area contributed by atoms with Crippen molar-refractivity contribution in [2.75, 3.05) is 7.05 Å². The van der Waals surface area contributed by atoms with Crippen molar-refractivity contribution >= 4 is 0 Å². The maximum Gasteiger partial charge on any atom is 0.0695 e. The molecule has 1 rings (SSSR count). The van der Waals surface area contributed by atoms with Crippen molar-refractivity contribution in [1.82, 2.24) is 4.90 Å². The Morgan fingerprint density at radius 2 is 1.88 bits per heavy atom. The molecule has 0 amide bonds. The third-order valence-corrected chi connectivity index (χ3v) is 4.69. The molecule has 0 heterocycles. The molecule has 0 aliphatic heterocycles. The van der Waals surface area contributed by atoms with Crippen LogP contribution in [0.2, 0.25) is 0 Å². The van der Waals surface area contributed by atoms with Crippen LogP contribution in [0.5, 0.6) is 0 Å². The highest BCUT2D eigenvalue weighted by Crippen LogP contribution is 2.33. The number of nitrogens with zero attached hydrogens (tertiary/aromatic N) is 1. The summed E-state index contributed by atoms with van der Waals surface area (Å²) in [6.45, 7) is 9.15. The van der Waals surface area contributed by atoms with Crippen molar-refractivity contribution < 1.29 is 5.11 Å². The standard InChI is InChI=1S/C15H31NO/c1-6-7-12(4)16(5)14-10-13(11(2)3)8-9-15(14)17/h11-15,17H,6-10H2,1-5H3. The van der Waals surface area contributed by atoms with E-state index in [0.29, 0.717) is 12.1 Å². The number of hydrogen-bond donors (Lipinski definition) is 1.